The molecule has 1 aliphatic carbocycles. The summed E-state index contributed by atoms with van der Waals surface area (Å²) in [6.07, 6.45) is 6.96. The molecule has 0 bridgehead atoms. The number of rotatable bonds is 3. The van der Waals surface area contributed by atoms with Crippen LogP contribution in [0.25, 0.3) is 0 Å². The maximum absolute atomic E-state index is 5.37. The van der Waals surface area contributed by atoms with Gasteiger partial charge in [0.2, 0.25) is 5.95 Å². The lowest BCUT2D eigenvalue weighted by Gasteiger charge is -2.23. The van der Waals surface area contributed by atoms with E-state index in [1.54, 1.807) is 0 Å². The summed E-state index contributed by atoms with van der Waals surface area (Å²) in [6, 6.07) is 1.23. The number of aryl methyl sites for hydroxylation is 1. The lowest BCUT2D eigenvalue weighted by atomic mass is 10.1. The van der Waals surface area contributed by atoms with Crippen molar-refractivity contribution in [2.45, 2.75) is 44.7 Å². The van der Waals surface area contributed by atoms with Crippen LogP contribution in [0.3, 0.4) is 0 Å². The first-order valence-electron chi connectivity index (χ1n) is 6.22. The van der Waals surface area contributed by atoms with Crippen molar-refractivity contribution >= 4 is 5.95 Å². The van der Waals surface area contributed by atoms with E-state index in [0.29, 0.717) is 12.1 Å². The Bertz CT molecular complexity index is 364. The number of nitrogens with one attached hydrogen (secondary N) is 1. The summed E-state index contributed by atoms with van der Waals surface area (Å²) in [5.41, 5.74) is 1.11. The van der Waals surface area contributed by atoms with Crippen molar-refractivity contribution in [3.8, 4) is 0 Å². The average Bonchev–Trinajstić information content (AvgIpc) is 3.06. The van der Waals surface area contributed by atoms with Crippen LogP contribution in [0.2, 0.25) is 0 Å². The molecule has 1 aliphatic heterocycles. The SMILES string of the molecule is Cc1cn(C2CC2)c(NC2CCOCC2)n1. The zero-order valence-electron chi connectivity index (χ0n) is 9.78. The van der Waals surface area contributed by atoms with Gasteiger partial charge in [0.05, 0.1) is 5.69 Å². The first-order valence-corrected chi connectivity index (χ1v) is 6.22. The van der Waals surface area contributed by atoms with E-state index in [9.17, 15) is 0 Å². The zero-order chi connectivity index (χ0) is 11.0. The van der Waals surface area contributed by atoms with Gasteiger partial charge in [0.1, 0.15) is 0 Å². The van der Waals surface area contributed by atoms with Gasteiger partial charge in [-0.15, -0.1) is 0 Å². The average molecular weight is 221 g/mol. The van der Waals surface area contributed by atoms with Crippen molar-refractivity contribution in [2.75, 3.05) is 18.5 Å². The standard InChI is InChI=1S/C12H19N3O/c1-9-8-15(11-2-3-11)12(13-9)14-10-4-6-16-7-5-10/h8,10-11H,2-7H2,1H3,(H,13,14). The Labute approximate surface area is 96.0 Å². The summed E-state index contributed by atoms with van der Waals surface area (Å²) in [4.78, 5) is 4.58. The highest BCUT2D eigenvalue weighted by Gasteiger charge is 2.27. The molecular formula is C12H19N3O. The molecule has 0 radical (unpaired) electrons. The Morgan fingerprint density at radius 2 is 2.06 bits per heavy atom. The Kier molecular flexibility index (Phi) is 2.59. The summed E-state index contributed by atoms with van der Waals surface area (Å²) in [6.45, 7) is 3.82. The van der Waals surface area contributed by atoms with Crippen LogP contribution in [0.1, 0.15) is 37.4 Å². The van der Waals surface area contributed by atoms with Gasteiger partial charge in [-0.1, -0.05) is 0 Å². The van der Waals surface area contributed by atoms with Gasteiger partial charge in [0.25, 0.3) is 0 Å². The Hall–Kier alpha value is -1.03. The van der Waals surface area contributed by atoms with E-state index < -0.39 is 0 Å². The first kappa shape index (κ1) is 10.1. The molecule has 1 saturated carbocycles. The van der Waals surface area contributed by atoms with Gasteiger partial charge >= 0.3 is 0 Å². The third-order valence-electron chi connectivity index (χ3n) is 3.35. The van der Waals surface area contributed by atoms with Gasteiger partial charge < -0.3 is 14.6 Å². The molecule has 0 amide bonds. The van der Waals surface area contributed by atoms with Crippen molar-refractivity contribution in [1.29, 1.82) is 0 Å². The highest BCUT2D eigenvalue weighted by atomic mass is 16.5. The van der Waals surface area contributed by atoms with Crippen molar-refractivity contribution in [3.63, 3.8) is 0 Å². The molecule has 0 unspecified atom stereocenters. The monoisotopic (exact) mass is 221 g/mol. The minimum absolute atomic E-state index is 0.535. The quantitative estimate of drug-likeness (QED) is 0.849. The molecule has 2 fully saturated rings. The third kappa shape index (κ3) is 2.07. The predicted octanol–water partition coefficient (Wildman–Crippen LogP) is 2.12. The fourth-order valence-electron chi connectivity index (χ4n) is 2.28. The molecule has 0 aromatic carbocycles. The number of imidazole rings is 1. The fourth-order valence-corrected chi connectivity index (χ4v) is 2.28. The molecule has 1 aromatic rings. The minimum Gasteiger partial charge on any atom is -0.381 e. The van der Waals surface area contributed by atoms with Crippen molar-refractivity contribution in [1.82, 2.24) is 9.55 Å². The zero-order valence-corrected chi connectivity index (χ0v) is 9.78. The number of hydrogen-bond donors (Lipinski definition) is 1. The first-order chi connectivity index (χ1) is 7.83. The molecule has 1 saturated heterocycles. The van der Waals surface area contributed by atoms with E-state index >= 15 is 0 Å². The van der Waals surface area contributed by atoms with Gasteiger partial charge in [-0.2, -0.15) is 0 Å². The number of hydrogen-bond acceptors (Lipinski definition) is 3. The van der Waals surface area contributed by atoms with Crippen LogP contribution >= 0.6 is 0 Å². The van der Waals surface area contributed by atoms with Gasteiger partial charge in [-0.3, -0.25) is 0 Å². The molecule has 0 atom stereocenters. The van der Waals surface area contributed by atoms with Crippen molar-refractivity contribution in [2.24, 2.45) is 0 Å². The van der Waals surface area contributed by atoms with E-state index in [1.807, 2.05) is 0 Å². The Morgan fingerprint density at radius 3 is 2.75 bits per heavy atom. The van der Waals surface area contributed by atoms with Gasteiger partial charge in [0.15, 0.2) is 0 Å². The molecule has 16 heavy (non-hydrogen) atoms. The lowest BCUT2D eigenvalue weighted by molar-refractivity contribution is 0.0902. The van der Waals surface area contributed by atoms with Crippen LogP contribution in [0.4, 0.5) is 5.95 Å². The van der Waals surface area contributed by atoms with Crippen LogP contribution in [0.15, 0.2) is 6.20 Å². The van der Waals surface area contributed by atoms with E-state index in [2.05, 4.69) is 28.0 Å². The summed E-state index contributed by atoms with van der Waals surface area (Å²) in [5, 5.41) is 3.56. The number of ether oxygens (including phenoxy) is 1. The normalized spacial score (nSPS) is 22.3. The number of aromatic nitrogens is 2. The van der Waals surface area contributed by atoms with Gasteiger partial charge in [-0.25, -0.2) is 4.98 Å². The maximum Gasteiger partial charge on any atom is 0.203 e. The molecule has 3 rings (SSSR count). The molecule has 0 spiro atoms. The third-order valence-corrected chi connectivity index (χ3v) is 3.35. The molecule has 1 aromatic heterocycles. The molecule has 4 nitrogen and oxygen atoms in total. The van der Waals surface area contributed by atoms with E-state index in [0.717, 1.165) is 37.7 Å². The summed E-state index contributed by atoms with van der Waals surface area (Å²) < 4.78 is 7.68. The fraction of sp³-hybridized carbons (Fsp3) is 0.750. The molecule has 4 heteroatoms. The van der Waals surface area contributed by atoms with Gasteiger partial charge in [-0.05, 0) is 32.6 Å². The highest BCUT2D eigenvalue weighted by Crippen LogP contribution is 2.37. The van der Waals surface area contributed by atoms with Crippen LogP contribution < -0.4 is 5.32 Å². The minimum atomic E-state index is 0.535. The van der Waals surface area contributed by atoms with Crippen LogP contribution in [0.5, 0.6) is 0 Å². The smallest absolute Gasteiger partial charge is 0.203 e. The van der Waals surface area contributed by atoms with Gasteiger partial charge in [0, 0.05) is 31.5 Å². The van der Waals surface area contributed by atoms with Crippen molar-refractivity contribution in [3.05, 3.63) is 11.9 Å². The topological polar surface area (TPSA) is 39.1 Å². The molecular weight excluding hydrogens is 202 g/mol. The highest BCUT2D eigenvalue weighted by molar-refractivity contribution is 5.32. The number of nitrogens with zero attached hydrogens (tertiary/aromatic N) is 2. The summed E-state index contributed by atoms with van der Waals surface area (Å²) in [5.74, 6) is 1.06. The maximum atomic E-state index is 5.37. The second kappa shape index (κ2) is 4.09. The second-order valence-electron chi connectivity index (χ2n) is 4.88. The lowest BCUT2D eigenvalue weighted by Crippen LogP contribution is -2.29. The van der Waals surface area contributed by atoms with E-state index in [4.69, 9.17) is 4.74 Å². The van der Waals surface area contributed by atoms with Crippen LogP contribution in [-0.4, -0.2) is 28.8 Å². The van der Waals surface area contributed by atoms with E-state index in [1.165, 1.54) is 12.8 Å². The second-order valence-corrected chi connectivity index (χ2v) is 4.88. The molecule has 88 valence electrons. The molecule has 1 N–H and O–H groups in total. The predicted molar refractivity (Wildman–Crippen MR) is 62.7 cm³/mol. The molecule has 2 heterocycles. The van der Waals surface area contributed by atoms with Crippen LogP contribution in [0, 0.1) is 6.92 Å². The Morgan fingerprint density at radius 1 is 1.31 bits per heavy atom. The summed E-state index contributed by atoms with van der Waals surface area (Å²) >= 11 is 0. The summed E-state index contributed by atoms with van der Waals surface area (Å²) in [7, 11) is 0. The van der Waals surface area contributed by atoms with Crippen LogP contribution in [-0.2, 0) is 4.74 Å². The largest absolute Gasteiger partial charge is 0.381 e. The van der Waals surface area contributed by atoms with Crippen molar-refractivity contribution < 1.29 is 4.74 Å². The Balaban J connectivity index is 1.72. The molecule has 2 aliphatic rings. The number of anilines is 1. The van der Waals surface area contributed by atoms with E-state index in [-0.39, 0.29) is 0 Å².